The van der Waals surface area contributed by atoms with Gasteiger partial charge in [-0.2, -0.15) is 0 Å². The SMILES string of the molecule is CCC(CC)CNN(C(=O)CCC(C)C)[C@@H](CC=Cc1ccccc1)C(=O)OC(C)(C)C. The van der Waals surface area contributed by atoms with Gasteiger partial charge in [-0.3, -0.25) is 9.80 Å². The second-order valence-electron chi connectivity index (χ2n) is 9.84. The Bertz CT molecular complexity index is 703. The molecule has 0 saturated heterocycles. The van der Waals surface area contributed by atoms with E-state index in [1.807, 2.05) is 63.3 Å². The van der Waals surface area contributed by atoms with E-state index in [1.54, 1.807) is 5.01 Å². The van der Waals surface area contributed by atoms with E-state index >= 15 is 0 Å². The van der Waals surface area contributed by atoms with Crippen LogP contribution in [0.15, 0.2) is 36.4 Å². The summed E-state index contributed by atoms with van der Waals surface area (Å²) >= 11 is 0. The van der Waals surface area contributed by atoms with E-state index in [0.29, 0.717) is 31.2 Å². The van der Waals surface area contributed by atoms with Crippen molar-refractivity contribution < 1.29 is 14.3 Å². The monoisotopic (exact) mass is 444 g/mol. The first-order valence-electron chi connectivity index (χ1n) is 12.1. The summed E-state index contributed by atoms with van der Waals surface area (Å²) in [4.78, 5) is 26.4. The molecular formula is C27H44N2O3. The molecule has 0 radical (unpaired) electrons. The fourth-order valence-electron chi connectivity index (χ4n) is 3.28. The molecule has 0 spiro atoms. The van der Waals surface area contributed by atoms with Crippen LogP contribution in [0.5, 0.6) is 0 Å². The molecule has 1 N–H and O–H groups in total. The quantitative estimate of drug-likeness (QED) is 0.299. The number of benzene rings is 1. The maximum absolute atomic E-state index is 13.2. The molecule has 0 fully saturated rings. The van der Waals surface area contributed by atoms with Gasteiger partial charge in [0.15, 0.2) is 0 Å². The molecule has 32 heavy (non-hydrogen) atoms. The minimum Gasteiger partial charge on any atom is -0.458 e. The van der Waals surface area contributed by atoms with Crippen LogP contribution < -0.4 is 5.43 Å². The van der Waals surface area contributed by atoms with Crippen molar-refractivity contribution >= 4 is 18.0 Å². The van der Waals surface area contributed by atoms with Crippen LogP contribution in [0.2, 0.25) is 0 Å². The molecule has 0 heterocycles. The fourth-order valence-corrected chi connectivity index (χ4v) is 3.28. The third kappa shape index (κ3) is 10.9. The van der Waals surface area contributed by atoms with Gasteiger partial charge >= 0.3 is 5.97 Å². The summed E-state index contributed by atoms with van der Waals surface area (Å²) in [5.74, 6) is 0.408. The van der Waals surface area contributed by atoms with Crippen LogP contribution in [0.4, 0.5) is 0 Å². The number of amides is 1. The van der Waals surface area contributed by atoms with Crippen LogP contribution in [-0.2, 0) is 14.3 Å². The number of carbonyl (C=O) groups excluding carboxylic acids is 2. The highest BCUT2D eigenvalue weighted by molar-refractivity contribution is 5.84. The van der Waals surface area contributed by atoms with Gasteiger partial charge in [-0.15, -0.1) is 0 Å². The van der Waals surface area contributed by atoms with Crippen LogP contribution in [0.1, 0.15) is 86.1 Å². The lowest BCUT2D eigenvalue weighted by molar-refractivity contribution is -0.167. The van der Waals surface area contributed by atoms with Crippen LogP contribution in [0, 0.1) is 11.8 Å². The van der Waals surface area contributed by atoms with Crippen molar-refractivity contribution in [2.24, 2.45) is 11.8 Å². The molecule has 0 unspecified atom stereocenters. The van der Waals surface area contributed by atoms with E-state index < -0.39 is 11.6 Å². The smallest absolute Gasteiger partial charge is 0.331 e. The normalized spacial score (nSPS) is 13.0. The highest BCUT2D eigenvalue weighted by atomic mass is 16.6. The van der Waals surface area contributed by atoms with Crippen molar-refractivity contribution in [2.45, 2.75) is 92.2 Å². The lowest BCUT2D eigenvalue weighted by Gasteiger charge is -2.33. The first kappa shape index (κ1) is 27.9. The first-order chi connectivity index (χ1) is 15.1. The van der Waals surface area contributed by atoms with E-state index in [1.165, 1.54) is 0 Å². The van der Waals surface area contributed by atoms with Crippen LogP contribution in [0.3, 0.4) is 0 Å². The zero-order chi connectivity index (χ0) is 24.1. The lowest BCUT2D eigenvalue weighted by atomic mass is 10.0. The number of carbonyl (C=O) groups is 2. The zero-order valence-electron chi connectivity index (χ0n) is 21.2. The molecule has 0 bridgehead atoms. The molecule has 0 aliphatic heterocycles. The van der Waals surface area contributed by atoms with Gasteiger partial charge in [0.25, 0.3) is 0 Å². The van der Waals surface area contributed by atoms with Crippen molar-refractivity contribution in [3.8, 4) is 0 Å². The average molecular weight is 445 g/mol. The second kappa shape index (κ2) is 14.1. The number of ether oxygens (including phenoxy) is 1. The van der Waals surface area contributed by atoms with E-state index in [4.69, 9.17) is 4.74 Å². The van der Waals surface area contributed by atoms with Gasteiger partial charge in [0.2, 0.25) is 5.91 Å². The van der Waals surface area contributed by atoms with Gasteiger partial charge < -0.3 is 4.74 Å². The number of hydrogen-bond donors (Lipinski definition) is 1. The molecule has 5 heteroatoms. The maximum Gasteiger partial charge on any atom is 0.331 e. The lowest BCUT2D eigenvalue weighted by Crippen LogP contribution is -2.55. The van der Waals surface area contributed by atoms with Crippen LogP contribution in [-0.4, -0.2) is 35.1 Å². The van der Waals surface area contributed by atoms with Crippen molar-refractivity contribution in [3.05, 3.63) is 42.0 Å². The predicted molar refractivity (Wildman–Crippen MR) is 133 cm³/mol. The van der Waals surface area contributed by atoms with Crippen LogP contribution >= 0.6 is 0 Å². The van der Waals surface area contributed by atoms with Crippen molar-refractivity contribution in [3.63, 3.8) is 0 Å². The van der Waals surface area contributed by atoms with Gasteiger partial charge in [-0.1, -0.05) is 83.0 Å². The Balaban J connectivity index is 3.14. The standard InChI is InChI=1S/C27H44N2O3/c1-8-22(9-2)20-28-29(25(30)19-18-21(3)4)24(26(31)32-27(5,6)7)17-13-16-23-14-11-10-12-15-23/h10-16,21-22,24,28H,8-9,17-20H2,1-7H3/t24-/m0/s1. The van der Waals surface area contributed by atoms with Crippen molar-refractivity contribution in [2.75, 3.05) is 6.54 Å². The molecule has 1 aromatic rings. The fraction of sp³-hybridized carbons (Fsp3) is 0.630. The third-order valence-electron chi connectivity index (χ3n) is 5.37. The second-order valence-corrected chi connectivity index (χ2v) is 9.84. The Kier molecular flexibility index (Phi) is 12.3. The van der Waals surface area contributed by atoms with Gasteiger partial charge in [-0.05, 0) is 51.0 Å². The summed E-state index contributed by atoms with van der Waals surface area (Å²) in [6, 6.07) is 9.22. The predicted octanol–water partition coefficient (Wildman–Crippen LogP) is 6.01. The van der Waals surface area contributed by atoms with Crippen molar-refractivity contribution in [1.29, 1.82) is 0 Å². The number of hydrogen-bond acceptors (Lipinski definition) is 4. The van der Waals surface area contributed by atoms with E-state index in [9.17, 15) is 9.59 Å². The zero-order valence-corrected chi connectivity index (χ0v) is 21.2. The Labute approximate surface area is 195 Å². The van der Waals surface area contributed by atoms with Crippen LogP contribution in [0.25, 0.3) is 6.08 Å². The van der Waals surface area contributed by atoms with E-state index in [0.717, 1.165) is 24.8 Å². The molecule has 0 aliphatic rings. The Morgan fingerprint density at radius 2 is 1.72 bits per heavy atom. The minimum absolute atomic E-state index is 0.0615. The Hall–Kier alpha value is -2.14. The summed E-state index contributed by atoms with van der Waals surface area (Å²) in [5, 5.41) is 1.55. The highest BCUT2D eigenvalue weighted by Gasteiger charge is 2.33. The summed E-state index contributed by atoms with van der Waals surface area (Å²) in [5.41, 5.74) is 3.74. The third-order valence-corrected chi connectivity index (χ3v) is 5.37. The largest absolute Gasteiger partial charge is 0.458 e. The van der Waals surface area contributed by atoms with Crippen molar-refractivity contribution in [1.82, 2.24) is 10.4 Å². The number of rotatable bonds is 13. The summed E-state index contributed by atoms with van der Waals surface area (Å²) in [6.45, 7) is 14.7. The molecule has 0 aromatic heterocycles. The number of nitrogens with one attached hydrogen (secondary N) is 1. The maximum atomic E-state index is 13.2. The molecule has 0 aliphatic carbocycles. The number of nitrogens with zero attached hydrogens (tertiary/aromatic N) is 1. The van der Waals surface area contributed by atoms with Gasteiger partial charge in [-0.25, -0.2) is 10.2 Å². The van der Waals surface area contributed by atoms with Gasteiger partial charge in [0.05, 0.1) is 0 Å². The highest BCUT2D eigenvalue weighted by Crippen LogP contribution is 2.17. The molecule has 1 atom stereocenters. The van der Waals surface area contributed by atoms with Gasteiger partial charge in [0, 0.05) is 13.0 Å². The minimum atomic E-state index is -0.719. The van der Waals surface area contributed by atoms with E-state index in [2.05, 4.69) is 33.1 Å². The van der Waals surface area contributed by atoms with E-state index in [-0.39, 0.29) is 11.9 Å². The number of esters is 1. The average Bonchev–Trinajstić information content (AvgIpc) is 2.73. The van der Waals surface area contributed by atoms with Gasteiger partial charge in [0.1, 0.15) is 11.6 Å². The Morgan fingerprint density at radius 1 is 1.09 bits per heavy atom. The molecule has 0 saturated carbocycles. The molecule has 180 valence electrons. The number of hydrazine groups is 1. The summed E-state index contributed by atoms with van der Waals surface area (Å²) in [6.07, 6.45) is 7.52. The topological polar surface area (TPSA) is 58.6 Å². The Morgan fingerprint density at radius 3 is 2.25 bits per heavy atom. The summed E-state index contributed by atoms with van der Waals surface area (Å²) < 4.78 is 5.71. The molecule has 5 nitrogen and oxygen atoms in total. The summed E-state index contributed by atoms with van der Waals surface area (Å²) in [7, 11) is 0. The molecule has 1 amide bonds. The first-order valence-corrected chi connectivity index (χ1v) is 12.1. The molecule has 1 rings (SSSR count). The molecular weight excluding hydrogens is 400 g/mol. The molecule has 1 aromatic carbocycles.